The van der Waals surface area contributed by atoms with Crippen LogP contribution in [-0.4, -0.2) is 69.4 Å². The summed E-state index contributed by atoms with van der Waals surface area (Å²) in [6.45, 7) is 4.76. The van der Waals surface area contributed by atoms with Gasteiger partial charge in [0.1, 0.15) is 5.69 Å². The molecule has 2 fully saturated rings. The lowest BCUT2D eigenvalue weighted by molar-refractivity contribution is 0.0695. The molecule has 0 radical (unpaired) electrons. The number of piperidine rings is 1. The zero-order valence-corrected chi connectivity index (χ0v) is 16.7. The van der Waals surface area contributed by atoms with Crippen molar-refractivity contribution < 1.29 is 9.53 Å². The number of aromatic nitrogens is 4. The van der Waals surface area contributed by atoms with Crippen LogP contribution < -0.4 is 4.90 Å². The van der Waals surface area contributed by atoms with Crippen LogP contribution in [-0.2, 0) is 11.8 Å². The van der Waals surface area contributed by atoms with Crippen LogP contribution in [0.3, 0.4) is 0 Å². The molecule has 2 aliphatic heterocycles. The SMILES string of the molecule is Cn1cccc1C(=O)N1CCC[C@@H](c2nc3ccc(N4CCOCC4)cn3n2)C1. The molecule has 0 aliphatic carbocycles. The van der Waals surface area contributed by atoms with Crippen LogP contribution in [0.2, 0.25) is 0 Å². The lowest BCUT2D eigenvalue weighted by Crippen LogP contribution is -2.40. The number of morpholine rings is 1. The summed E-state index contributed by atoms with van der Waals surface area (Å²) in [5, 5.41) is 4.77. The fraction of sp³-hybridized carbons (Fsp3) is 0.476. The van der Waals surface area contributed by atoms with Gasteiger partial charge < -0.3 is 19.1 Å². The Balaban J connectivity index is 1.35. The van der Waals surface area contributed by atoms with E-state index < -0.39 is 0 Å². The summed E-state index contributed by atoms with van der Waals surface area (Å²) >= 11 is 0. The molecule has 0 spiro atoms. The van der Waals surface area contributed by atoms with E-state index in [4.69, 9.17) is 14.8 Å². The molecule has 2 saturated heterocycles. The highest BCUT2D eigenvalue weighted by atomic mass is 16.5. The van der Waals surface area contributed by atoms with Crippen molar-refractivity contribution in [2.24, 2.45) is 7.05 Å². The summed E-state index contributed by atoms with van der Waals surface area (Å²) in [5.41, 5.74) is 2.72. The van der Waals surface area contributed by atoms with Gasteiger partial charge in [0.2, 0.25) is 0 Å². The number of hydrogen-bond donors (Lipinski definition) is 0. The molecule has 2 aliphatic rings. The molecule has 5 heterocycles. The van der Waals surface area contributed by atoms with Gasteiger partial charge in [0.05, 0.1) is 25.1 Å². The summed E-state index contributed by atoms with van der Waals surface area (Å²) in [6, 6.07) is 7.91. The van der Waals surface area contributed by atoms with Gasteiger partial charge in [0, 0.05) is 45.3 Å². The first-order chi connectivity index (χ1) is 14.2. The molecule has 3 aromatic heterocycles. The molecule has 0 bridgehead atoms. The minimum atomic E-state index is 0.0839. The fourth-order valence-electron chi connectivity index (χ4n) is 4.29. The first-order valence-electron chi connectivity index (χ1n) is 10.3. The van der Waals surface area contributed by atoms with E-state index >= 15 is 0 Å². The van der Waals surface area contributed by atoms with Crippen molar-refractivity contribution in [2.45, 2.75) is 18.8 Å². The van der Waals surface area contributed by atoms with Gasteiger partial charge in [-0.1, -0.05) is 0 Å². The Labute approximate surface area is 169 Å². The van der Waals surface area contributed by atoms with Crippen molar-refractivity contribution in [2.75, 3.05) is 44.3 Å². The normalized spacial score (nSPS) is 20.4. The zero-order chi connectivity index (χ0) is 19.8. The monoisotopic (exact) mass is 394 g/mol. The van der Waals surface area contributed by atoms with Gasteiger partial charge >= 0.3 is 0 Å². The predicted octanol–water partition coefficient (Wildman–Crippen LogP) is 1.92. The fourth-order valence-corrected chi connectivity index (χ4v) is 4.29. The van der Waals surface area contributed by atoms with Crippen molar-refractivity contribution in [3.8, 4) is 0 Å². The summed E-state index contributed by atoms with van der Waals surface area (Å²) < 4.78 is 9.20. The molecule has 8 nitrogen and oxygen atoms in total. The smallest absolute Gasteiger partial charge is 0.270 e. The van der Waals surface area contributed by atoms with Gasteiger partial charge in [-0.3, -0.25) is 4.79 Å². The van der Waals surface area contributed by atoms with Crippen LogP contribution in [0.4, 0.5) is 5.69 Å². The molecule has 5 rings (SSSR count). The van der Waals surface area contributed by atoms with Gasteiger partial charge in [-0.25, -0.2) is 9.50 Å². The second-order valence-electron chi connectivity index (χ2n) is 7.85. The van der Waals surface area contributed by atoms with Crippen LogP contribution in [0.1, 0.15) is 35.1 Å². The van der Waals surface area contributed by atoms with Crippen molar-refractivity contribution in [1.29, 1.82) is 0 Å². The average molecular weight is 394 g/mol. The zero-order valence-electron chi connectivity index (χ0n) is 16.7. The van der Waals surface area contributed by atoms with Crippen molar-refractivity contribution >= 4 is 17.2 Å². The van der Waals surface area contributed by atoms with E-state index in [1.165, 1.54) is 0 Å². The number of fused-ring (bicyclic) bond motifs is 1. The van der Waals surface area contributed by atoms with Gasteiger partial charge in [-0.2, -0.15) is 5.10 Å². The number of carbonyl (C=O) groups is 1. The minimum absolute atomic E-state index is 0.0839. The third kappa shape index (κ3) is 3.48. The number of nitrogens with zero attached hydrogens (tertiary/aromatic N) is 6. The van der Waals surface area contributed by atoms with Crippen molar-refractivity contribution in [3.63, 3.8) is 0 Å². The summed E-state index contributed by atoms with van der Waals surface area (Å²) in [4.78, 5) is 21.9. The van der Waals surface area contributed by atoms with Crippen LogP contribution in [0.5, 0.6) is 0 Å². The maximum Gasteiger partial charge on any atom is 0.270 e. The Morgan fingerprint density at radius 2 is 2.03 bits per heavy atom. The number of aryl methyl sites for hydroxylation is 1. The third-order valence-corrected chi connectivity index (χ3v) is 5.94. The molecule has 0 saturated carbocycles. The maximum absolute atomic E-state index is 12.9. The highest BCUT2D eigenvalue weighted by Crippen LogP contribution is 2.27. The number of rotatable bonds is 3. The van der Waals surface area contributed by atoms with Crippen molar-refractivity contribution in [1.82, 2.24) is 24.1 Å². The molecule has 0 N–H and O–H groups in total. The highest BCUT2D eigenvalue weighted by Gasteiger charge is 2.29. The number of carbonyl (C=O) groups excluding carboxylic acids is 1. The van der Waals surface area contributed by atoms with E-state index in [0.29, 0.717) is 6.54 Å². The number of anilines is 1. The lowest BCUT2D eigenvalue weighted by atomic mass is 9.97. The lowest BCUT2D eigenvalue weighted by Gasteiger charge is -2.31. The van der Waals surface area contributed by atoms with Gasteiger partial charge in [-0.05, 0) is 37.1 Å². The van der Waals surface area contributed by atoms with Gasteiger partial charge in [0.15, 0.2) is 11.5 Å². The third-order valence-electron chi connectivity index (χ3n) is 5.94. The van der Waals surface area contributed by atoms with E-state index in [0.717, 1.165) is 68.5 Å². The molecular weight excluding hydrogens is 368 g/mol. The Hall–Kier alpha value is -2.87. The Bertz CT molecular complexity index is 1020. The van der Waals surface area contributed by atoms with E-state index in [2.05, 4.69) is 11.0 Å². The van der Waals surface area contributed by atoms with Gasteiger partial charge in [0.25, 0.3) is 5.91 Å². The quantitative estimate of drug-likeness (QED) is 0.679. The maximum atomic E-state index is 12.9. The van der Waals surface area contributed by atoms with E-state index in [9.17, 15) is 4.79 Å². The molecule has 1 atom stereocenters. The predicted molar refractivity (Wildman–Crippen MR) is 109 cm³/mol. The first kappa shape index (κ1) is 18.2. The molecule has 0 aromatic carbocycles. The van der Waals surface area contributed by atoms with Gasteiger partial charge in [-0.15, -0.1) is 0 Å². The first-order valence-corrected chi connectivity index (χ1v) is 10.3. The summed E-state index contributed by atoms with van der Waals surface area (Å²) in [6.07, 6.45) is 5.93. The molecule has 29 heavy (non-hydrogen) atoms. The molecule has 3 aromatic rings. The Morgan fingerprint density at radius 3 is 2.83 bits per heavy atom. The summed E-state index contributed by atoms with van der Waals surface area (Å²) in [5.74, 6) is 1.08. The standard InChI is InChI=1S/C21H26N6O2/c1-24-8-3-5-18(24)21(28)26-9-2-4-16(14-26)20-22-19-7-6-17(15-27(19)23-20)25-10-12-29-13-11-25/h3,5-8,15-16H,2,4,9-14H2,1H3/t16-/m1/s1. The van der Waals surface area contributed by atoms with E-state index in [1.54, 1.807) is 0 Å². The van der Waals surface area contributed by atoms with Crippen LogP contribution in [0, 0.1) is 0 Å². The van der Waals surface area contributed by atoms with Crippen LogP contribution in [0.15, 0.2) is 36.7 Å². The van der Waals surface area contributed by atoms with Crippen LogP contribution in [0.25, 0.3) is 5.65 Å². The molecule has 8 heteroatoms. The highest BCUT2D eigenvalue weighted by molar-refractivity contribution is 5.92. The number of hydrogen-bond acceptors (Lipinski definition) is 5. The number of amides is 1. The topological polar surface area (TPSA) is 67.9 Å². The van der Waals surface area contributed by atoms with Crippen LogP contribution >= 0.6 is 0 Å². The molecule has 0 unspecified atom stereocenters. The Kier molecular flexibility index (Phi) is 4.71. The Morgan fingerprint density at radius 1 is 1.17 bits per heavy atom. The number of likely N-dealkylation sites (tertiary alicyclic amines) is 1. The summed E-state index contributed by atoms with van der Waals surface area (Å²) in [7, 11) is 1.91. The second kappa shape index (κ2) is 7.51. The van der Waals surface area contributed by atoms with E-state index in [1.807, 2.05) is 51.6 Å². The average Bonchev–Trinajstić information content (AvgIpc) is 3.39. The van der Waals surface area contributed by atoms with E-state index in [-0.39, 0.29) is 11.8 Å². The number of pyridine rings is 1. The minimum Gasteiger partial charge on any atom is -0.378 e. The number of ether oxygens (including phenoxy) is 1. The molecule has 1 amide bonds. The second-order valence-corrected chi connectivity index (χ2v) is 7.85. The largest absolute Gasteiger partial charge is 0.378 e. The van der Waals surface area contributed by atoms with Crippen molar-refractivity contribution in [3.05, 3.63) is 48.2 Å². The molecular formula is C21H26N6O2. The molecule has 152 valence electrons.